The van der Waals surface area contributed by atoms with Gasteiger partial charge in [-0.05, 0) is 43.7 Å². The Morgan fingerprint density at radius 2 is 1.97 bits per heavy atom. The average Bonchev–Trinajstić information content (AvgIpc) is 3.12. The molecule has 0 radical (unpaired) electrons. The minimum atomic E-state index is -0.231. The Morgan fingerprint density at radius 3 is 2.69 bits per heavy atom. The average molecular weight is 472 g/mol. The van der Waals surface area contributed by atoms with Crippen LogP contribution in [0, 0.1) is 13.8 Å². The van der Waals surface area contributed by atoms with Crippen LogP contribution in [0.2, 0.25) is 0 Å². The number of carbonyl (C=O) groups excluding carboxylic acids is 2. The van der Waals surface area contributed by atoms with Crippen LogP contribution in [0.4, 0.5) is 5.69 Å². The Labute approximate surface area is 182 Å². The first-order valence-corrected chi connectivity index (χ1v) is 10.8. The molecule has 0 bridgehead atoms. The second-order valence-corrected chi connectivity index (χ2v) is 8.72. The number of hydrogen-bond acceptors (Lipinski definition) is 4. The summed E-state index contributed by atoms with van der Waals surface area (Å²) in [5, 5.41) is 5.64. The van der Waals surface area contributed by atoms with Gasteiger partial charge in [-0.1, -0.05) is 39.7 Å². The number of benzene rings is 2. The third-order valence-corrected chi connectivity index (χ3v) is 5.85. The highest BCUT2D eigenvalue weighted by Gasteiger charge is 2.16. The van der Waals surface area contributed by atoms with Crippen molar-refractivity contribution >= 4 is 44.8 Å². The van der Waals surface area contributed by atoms with E-state index in [2.05, 4.69) is 32.3 Å². The first-order valence-electron chi connectivity index (χ1n) is 9.13. The van der Waals surface area contributed by atoms with Crippen molar-refractivity contribution in [3.63, 3.8) is 0 Å². The molecule has 3 rings (SSSR count). The molecular formula is C22H22BrN3O2S. The van der Waals surface area contributed by atoms with Gasteiger partial charge >= 0.3 is 0 Å². The van der Waals surface area contributed by atoms with Gasteiger partial charge in [0.25, 0.3) is 0 Å². The standard InChI is InChI=1S/C22H22BrN3O2S/c1-14-5-4-6-16(9-14)22-24-18(13-29-22)11-21(28)26(3)12-20(27)25-19-8-7-17(23)10-15(19)2/h4-10,13H,11-12H2,1-3H3,(H,25,27). The predicted octanol–water partition coefficient (Wildman–Crippen LogP) is 4.83. The van der Waals surface area contributed by atoms with Crippen LogP contribution in [-0.4, -0.2) is 35.3 Å². The van der Waals surface area contributed by atoms with E-state index in [1.807, 2.05) is 55.6 Å². The Balaban J connectivity index is 1.57. The maximum absolute atomic E-state index is 12.5. The van der Waals surface area contributed by atoms with Crippen molar-refractivity contribution in [3.8, 4) is 10.6 Å². The smallest absolute Gasteiger partial charge is 0.243 e. The van der Waals surface area contributed by atoms with Gasteiger partial charge in [0, 0.05) is 28.2 Å². The molecule has 0 unspecified atom stereocenters. The molecule has 0 aliphatic rings. The van der Waals surface area contributed by atoms with Gasteiger partial charge in [0.1, 0.15) is 5.01 Å². The molecule has 5 nitrogen and oxygen atoms in total. The minimum absolute atomic E-state index is 0.0107. The topological polar surface area (TPSA) is 62.3 Å². The third-order valence-electron chi connectivity index (χ3n) is 4.42. The molecule has 0 aliphatic heterocycles. The fraction of sp³-hybridized carbons (Fsp3) is 0.227. The van der Waals surface area contributed by atoms with Gasteiger partial charge in [-0.15, -0.1) is 11.3 Å². The van der Waals surface area contributed by atoms with E-state index in [1.54, 1.807) is 7.05 Å². The number of amides is 2. The number of aryl methyl sites for hydroxylation is 2. The molecule has 0 saturated carbocycles. The Hall–Kier alpha value is -2.51. The predicted molar refractivity (Wildman–Crippen MR) is 121 cm³/mol. The molecule has 3 aromatic rings. The van der Waals surface area contributed by atoms with Crippen molar-refractivity contribution in [2.75, 3.05) is 18.9 Å². The van der Waals surface area contributed by atoms with Gasteiger partial charge in [-0.3, -0.25) is 9.59 Å². The van der Waals surface area contributed by atoms with E-state index in [0.717, 1.165) is 26.3 Å². The van der Waals surface area contributed by atoms with Gasteiger partial charge in [-0.25, -0.2) is 4.98 Å². The van der Waals surface area contributed by atoms with Crippen molar-refractivity contribution < 1.29 is 9.59 Å². The summed E-state index contributed by atoms with van der Waals surface area (Å²) in [5.74, 6) is -0.376. The molecule has 0 aliphatic carbocycles. The molecule has 150 valence electrons. The van der Waals surface area contributed by atoms with Crippen molar-refractivity contribution in [1.82, 2.24) is 9.88 Å². The highest BCUT2D eigenvalue weighted by molar-refractivity contribution is 9.10. The van der Waals surface area contributed by atoms with Gasteiger partial charge in [-0.2, -0.15) is 0 Å². The molecule has 0 saturated heterocycles. The number of halogens is 1. The van der Waals surface area contributed by atoms with E-state index in [1.165, 1.54) is 21.8 Å². The first-order chi connectivity index (χ1) is 13.8. The number of rotatable bonds is 6. The van der Waals surface area contributed by atoms with Crippen molar-refractivity contribution in [3.05, 3.63) is 69.1 Å². The lowest BCUT2D eigenvalue weighted by Gasteiger charge is -2.17. The summed E-state index contributed by atoms with van der Waals surface area (Å²) in [6, 6.07) is 13.8. The summed E-state index contributed by atoms with van der Waals surface area (Å²) in [4.78, 5) is 30.8. The number of anilines is 1. The molecule has 0 atom stereocenters. The van der Waals surface area contributed by atoms with E-state index >= 15 is 0 Å². The van der Waals surface area contributed by atoms with Gasteiger partial charge in [0.05, 0.1) is 18.7 Å². The van der Waals surface area contributed by atoms with E-state index in [0.29, 0.717) is 5.69 Å². The second-order valence-electron chi connectivity index (χ2n) is 6.95. The number of likely N-dealkylation sites (N-methyl/N-ethyl adjacent to an activating group) is 1. The summed E-state index contributed by atoms with van der Waals surface area (Å²) in [5.41, 5.74) is 4.62. The fourth-order valence-electron chi connectivity index (χ4n) is 2.85. The summed E-state index contributed by atoms with van der Waals surface area (Å²) in [6.07, 6.45) is 0.170. The molecule has 0 spiro atoms. The van der Waals surface area contributed by atoms with Crippen LogP contribution in [0.25, 0.3) is 10.6 Å². The van der Waals surface area contributed by atoms with Gasteiger partial charge in [0.2, 0.25) is 11.8 Å². The Morgan fingerprint density at radius 1 is 1.17 bits per heavy atom. The quantitative estimate of drug-likeness (QED) is 0.559. The molecule has 2 aromatic carbocycles. The molecule has 0 fully saturated rings. The number of aromatic nitrogens is 1. The monoisotopic (exact) mass is 471 g/mol. The molecule has 2 amide bonds. The highest BCUT2D eigenvalue weighted by Crippen LogP contribution is 2.25. The zero-order valence-corrected chi connectivity index (χ0v) is 18.9. The zero-order chi connectivity index (χ0) is 21.0. The number of nitrogens with zero attached hydrogens (tertiary/aromatic N) is 2. The normalized spacial score (nSPS) is 10.6. The second kappa shape index (κ2) is 9.33. The van der Waals surface area contributed by atoms with Crippen LogP contribution in [-0.2, 0) is 16.0 Å². The van der Waals surface area contributed by atoms with Crippen molar-refractivity contribution in [1.29, 1.82) is 0 Å². The van der Waals surface area contributed by atoms with Crippen molar-refractivity contribution in [2.24, 2.45) is 0 Å². The maximum atomic E-state index is 12.5. The lowest BCUT2D eigenvalue weighted by atomic mass is 10.1. The maximum Gasteiger partial charge on any atom is 0.243 e. The summed E-state index contributed by atoms with van der Waals surface area (Å²) >= 11 is 4.92. The summed E-state index contributed by atoms with van der Waals surface area (Å²) in [7, 11) is 1.63. The van der Waals surface area contributed by atoms with E-state index < -0.39 is 0 Å². The van der Waals surface area contributed by atoms with Crippen LogP contribution in [0.15, 0.2) is 52.3 Å². The minimum Gasteiger partial charge on any atom is -0.336 e. The molecule has 1 aromatic heterocycles. The summed E-state index contributed by atoms with van der Waals surface area (Å²) in [6.45, 7) is 3.95. The molecule has 1 heterocycles. The van der Waals surface area contributed by atoms with Crippen LogP contribution < -0.4 is 5.32 Å². The largest absolute Gasteiger partial charge is 0.336 e. The first kappa shape index (κ1) is 21.2. The SMILES string of the molecule is Cc1cccc(-c2nc(CC(=O)N(C)CC(=O)Nc3ccc(Br)cc3C)cs2)c1. The van der Waals surface area contributed by atoms with Gasteiger partial charge in [0.15, 0.2) is 0 Å². The number of carbonyl (C=O) groups is 2. The van der Waals surface area contributed by atoms with Crippen LogP contribution in [0.5, 0.6) is 0 Å². The van der Waals surface area contributed by atoms with Crippen LogP contribution in [0.1, 0.15) is 16.8 Å². The number of thiazole rings is 1. The molecule has 7 heteroatoms. The Kier molecular flexibility index (Phi) is 6.82. The van der Waals surface area contributed by atoms with Crippen molar-refractivity contribution in [2.45, 2.75) is 20.3 Å². The highest BCUT2D eigenvalue weighted by atomic mass is 79.9. The molecule has 1 N–H and O–H groups in total. The van der Waals surface area contributed by atoms with E-state index in [4.69, 9.17) is 0 Å². The lowest BCUT2D eigenvalue weighted by Crippen LogP contribution is -2.36. The van der Waals surface area contributed by atoms with E-state index in [-0.39, 0.29) is 24.8 Å². The van der Waals surface area contributed by atoms with Crippen LogP contribution in [0.3, 0.4) is 0 Å². The number of hydrogen-bond donors (Lipinski definition) is 1. The Bertz CT molecular complexity index is 1050. The fourth-order valence-corrected chi connectivity index (χ4v) is 4.14. The number of nitrogens with one attached hydrogen (secondary N) is 1. The summed E-state index contributed by atoms with van der Waals surface area (Å²) < 4.78 is 0.952. The molecule has 29 heavy (non-hydrogen) atoms. The third kappa shape index (κ3) is 5.74. The van der Waals surface area contributed by atoms with E-state index in [9.17, 15) is 9.59 Å². The van der Waals surface area contributed by atoms with Gasteiger partial charge < -0.3 is 10.2 Å². The lowest BCUT2D eigenvalue weighted by molar-refractivity contribution is -0.132. The molecular weight excluding hydrogens is 450 g/mol. The zero-order valence-electron chi connectivity index (χ0n) is 16.5. The van der Waals surface area contributed by atoms with Crippen LogP contribution >= 0.6 is 27.3 Å².